The minimum atomic E-state index is 0. The van der Waals surface area contributed by atoms with Crippen molar-refractivity contribution in [1.29, 1.82) is 0 Å². The number of aromatic nitrogens is 1. The second-order valence-corrected chi connectivity index (χ2v) is 8.24. The van der Waals surface area contributed by atoms with Gasteiger partial charge in [-0.2, -0.15) is 0 Å². The third-order valence-electron chi connectivity index (χ3n) is 6.41. The first kappa shape index (κ1) is 21.4. The van der Waals surface area contributed by atoms with E-state index in [2.05, 4.69) is 51.2 Å². The van der Waals surface area contributed by atoms with Gasteiger partial charge >= 0.3 is 0 Å². The molecule has 4 heterocycles. The predicted octanol–water partition coefficient (Wildman–Crippen LogP) is 3.35. The maximum absolute atomic E-state index is 13.2. The zero-order valence-electron chi connectivity index (χ0n) is 16.1. The number of halogens is 2. The van der Waals surface area contributed by atoms with Crippen LogP contribution in [0.25, 0.3) is 0 Å². The van der Waals surface area contributed by atoms with Crippen LogP contribution >= 0.6 is 24.8 Å². The van der Waals surface area contributed by atoms with E-state index in [1.165, 1.54) is 29.7 Å². The van der Waals surface area contributed by atoms with Crippen molar-refractivity contribution in [2.75, 3.05) is 19.6 Å². The number of nitrogens with zero attached hydrogens (tertiary/aromatic N) is 2. The molecule has 6 heteroatoms. The molecule has 2 atom stereocenters. The van der Waals surface area contributed by atoms with Gasteiger partial charge in [-0.1, -0.05) is 30.3 Å². The van der Waals surface area contributed by atoms with Gasteiger partial charge in [0.25, 0.3) is 5.56 Å². The molecule has 5 rings (SSSR count). The quantitative estimate of drug-likeness (QED) is 0.807. The van der Waals surface area contributed by atoms with Gasteiger partial charge < -0.3 is 9.88 Å². The van der Waals surface area contributed by atoms with E-state index in [1.807, 2.05) is 0 Å². The molecule has 0 spiro atoms. The molecule has 0 unspecified atom stereocenters. The lowest BCUT2D eigenvalue weighted by molar-refractivity contribution is 0.246. The molecule has 1 fully saturated rings. The Balaban J connectivity index is 0.00000112. The van der Waals surface area contributed by atoms with Crippen LogP contribution in [0.3, 0.4) is 0 Å². The number of hydrogen-bond donors (Lipinski definition) is 1. The van der Waals surface area contributed by atoms with Gasteiger partial charge in [-0.3, -0.25) is 9.69 Å². The molecular formula is C22H29Cl2N3O. The van der Waals surface area contributed by atoms with Crippen molar-refractivity contribution >= 4 is 24.8 Å². The van der Waals surface area contributed by atoms with Crippen LogP contribution in [0.1, 0.15) is 41.1 Å². The molecule has 3 aliphatic rings. The van der Waals surface area contributed by atoms with Crippen molar-refractivity contribution in [2.24, 2.45) is 5.92 Å². The smallest absolute Gasteiger partial charge is 0.255 e. The zero-order valence-corrected chi connectivity index (χ0v) is 17.7. The summed E-state index contributed by atoms with van der Waals surface area (Å²) in [5, 5.41) is 3.52. The van der Waals surface area contributed by atoms with Gasteiger partial charge in [0.1, 0.15) is 0 Å². The Morgan fingerprint density at radius 2 is 1.86 bits per heavy atom. The highest BCUT2D eigenvalue weighted by atomic mass is 35.5. The lowest BCUT2D eigenvalue weighted by Crippen LogP contribution is -2.45. The van der Waals surface area contributed by atoms with E-state index in [0.29, 0.717) is 11.8 Å². The summed E-state index contributed by atoms with van der Waals surface area (Å²) in [7, 11) is 0. The van der Waals surface area contributed by atoms with Gasteiger partial charge in [0, 0.05) is 43.4 Å². The lowest BCUT2D eigenvalue weighted by atomic mass is 9.84. The lowest BCUT2D eigenvalue weighted by Gasteiger charge is -2.37. The Morgan fingerprint density at radius 3 is 2.71 bits per heavy atom. The fraction of sp³-hybridized carbons (Fsp3) is 0.500. The van der Waals surface area contributed by atoms with E-state index in [9.17, 15) is 4.79 Å². The molecular weight excluding hydrogens is 393 g/mol. The first-order valence-corrected chi connectivity index (χ1v) is 10.0. The van der Waals surface area contributed by atoms with Gasteiger partial charge in [-0.05, 0) is 55.5 Å². The summed E-state index contributed by atoms with van der Waals surface area (Å²) in [5.74, 6) is 1.12. The van der Waals surface area contributed by atoms with Gasteiger partial charge in [0.2, 0.25) is 0 Å². The maximum Gasteiger partial charge on any atom is 0.255 e. The van der Waals surface area contributed by atoms with Crippen molar-refractivity contribution in [2.45, 2.75) is 44.8 Å². The number of benzene rings is 1. The number of hydrogen-bond acceptors (Lipinski definition) is 3. The maximum atomic E-state index is 13.2. The SMILES string of the molecule is Cl.Cl.O=c1c(CN2CCCc3ccccc3C2)ccc2n1C[C@@H]1CNC[C@H]2C1. The summed E-state index contributed by atoms with van der Waals surface area (Å²) in [6.07, 6.45) is 3.54. The molecule has 1 aromatic carbocycles. The molecule has 2 bridgehead atoms. The number of fused-ring (bicyclic) bond motifs is 5. The van der Waals surface area contributed by atoms with Crippen molar-refractivity contribution in [1.82, 2.24) is 14.8 Å². The third-order valence-corrected chi connectivity index (χ3v) is 6.41. The molecule has 0 amide bonds. The van der Waals surface area contributed by atoms with E-state index in [0.717, 1.165) is 51.3 Å². The summed E-state index contributed by atoms with van der Waals surface area (Å²) in [6, 6.07) is 13.1. The Hall–Kier alpha value is -1.33. The third kappa shape index (κ3) is 4.02. The molecule has 152 valence electrons. The fourth-order valence-electron chi connectivity index (χ4n) is 5.10. The van der Waals surface area contributed by atoms with E-state index in [-0.39, 0.29) is 30.4 Å². The molecule has 1 aromatic heterocycles. The molecule has 1 saturated heterocycles. The van der Waals surface area contributed by atoms with Gasteiger partial charge in [0.05, 0.1) is 0 Å². The first-order chi connectivity index (χ1) is 12.8. The standard InChI is InChI=1S/C22H27N3O.2ClH/c26-22-19(7-8-21-20-10-16(11-23-12-20)13-25(21)22)15-24-9-3-6-17-4-1-2-5-18(17)14-24;;/h1-2,4-5,7-8,16,20,23H,3,6,9-15H2;2*1H/t16-,20+;;/m0../s1. The average molecular weight is 422 g/mol. The molecule has 4 nitrogen and oxygen atoms in total. The van der Waals surface area contributed by atoms with Crippen LogP contribution in [0.4, 0.5) is 0 Å². The Bertz CT molecular complexity index is 882. The van der Waals surface area contributed by atoms with Crippen LogP contribution in [-0.4, -0.2) is 29.1 Å². The van der Waals surface area contributed by atoms with Crippen molar-refractivity contribution in [3.63, 3.8) is 0 Å². The van der Waals surface area contributed by atoms with Crippen LogP contribution in [0.15, 0.2) is 41.2 Å². The summed E-state index contributed by atoms with van der Waals surface area (Å²) in [5.41, 5.74) is 5.34. The minimum absolute atomic E-state index is 0. The largest absolute Gasteiger partial charge is 0.316 e. The Morgan fingerprint density at radius 1 is 1.04 bits per heavy atom. The van der Waals surface area contributed by atoms with Crippen LogP contribution in [0, 0.1) is 5.92 Å². The monoisotopic (exact) mass is 421 g/mol. The summed E-state index contributed by atoms with van der Waals surface area (Å²) >= 11 is 0. The van der Waals surface area contributed by atoms with Gasteiger partial charge in [-0.25, -0.2) is 0 Å². The van der Waals surface area contributed by atoms with E-state index in [1.54, 1.807) is 0 Å². The highest BCUT2D eigenvalue weighted by Crippen LogP contribution is 2.31. The highest BCUT2D eigenvalue weighted by molar-refractivity contribution is 5.85. The highest BCUT2D eigenvalue weighted by Gasteiger charge is 2.31. The van der Waals surface area contributed by atoms with Gasteiger partial charge in [-0.15, -0.1) is 24.8 Å². The summed E-state index contributed by atoms with van der Waals surface area (Å²) in [4.78, 5) is 15.6. The molecule has 2 aromatic rings. The molecule has 28 heavy (non-hydrogen) atoms. The summed E-state index contributed by atoms with van der Waals surface area (Å²) in [6.45, 7) is 5.72. The second kappa shape index (κ2) is 9.00. The van der Waals surface area contributed by atoms with Crippen LogP contribution < -0.4 is 10.9 Å². The van der Waals surface area contributed by atoms with Crippen molar-refractivity contribution in [3.8, 4) is 0 Å². The van der Waals surface area contributed by atoms with Crippen LogP contribution in [0.5, 0.6) is 0 Å². The van der Waals surface area contributed by atoms with E-state index >= 15 is 0 Å². The van der Waals surface area contributed by atoms with E-state index < -0.39 is 0 Å². The van der Waals surface area contributed by atoms with Crippen molar-refractivity contribution < 1.29 is 0 Å². The molecule has 0 aliphatic carbocycles. The first-order valence-electron chi connectivity index (χ1n) is 10.0. The predicted molar refractivity (Wildman–Crippen MR) is 118 cm³/mol. The topological polar surface area (TPSA) is 37.3 Å². The Kier molecular flexibility index (Phi) is 6.87. The molecule has 0 radical (unpaired) electrons. The van der Waals surface area contributed by atoms with Gasteiger partial charge in [0.15, 0.2) is 0 Å². The van der Waals surface area contributed by atoms with Crippen LogP contribution in [0.2, 0.25) is 0 Å². The minimum Gasteiger partial charge on any atom is -0.316 e. The normalized spacial score (nSPS) is 23.4. The molecule has 1 N–H and O–H groups in total. The molecule has 0 saturated carbocycles. The molecule has 3 aliphatic heterocycles. The number of piperidine rings is 1. The average Bonchev–Trinajstić information content (AvgIpc) is 2.86. The second-order valence-electron chi connectivity index (χ2n) is 8.24. The summed E-state index contributed by atoms with van der Waals surface area (Å²) < 4.78 is 2.08. The van der Waals surface area contributed by atoms with Crippen LogP contribution in [-0.2, 0) is 26.1 Å². The fourth-order valence-corrected chi connectivity index (χ4v) is 5.10. The zero-order chi connectivity index (χ0) is 17.5. The number of aryl methyl sites for hydroxylation is 1. The number of pyridine rings is 1. The van der Waals surface area contributed by atoms with Crippen molar-refractivity contribution in [3.05, 3.63) is 69.1 Å². The number of rotatable bonds is 2. The Labute approximate surface area is 179 Å². The number of nitrogens with one attached hydrogen (secondary N) is 1. The van der Waals surface area contributed by atoms with E-state index in [4.69, 9.17) is 0 Å².